The maximum absolute atomic E-state index is 3.62. The summed E-state index contributed by atoms with van der Waals surface area (Å²) in [5.74, 6) is 1.67. The molecule has 0 aromatic heterocycles. The predicted molar refractivity (Wildman–Crippen MR) is 71.8 cm³/mol. The standard InChI is InChI=1S/C14H30N2/c1-5-6-14(10-15-9-12(2)3)16-8-7-13(4)11-16/h12-15H,5-11H2,1-4H3. The SMILES string of the molecule is CCCC(CNCC(C)C)N1CCC(C)C1. The third-order valence-corrected chi connectivity index (χ3v) is 3.53. The normalized spacial score (nSPS) is 24.2. The van der Waals surface area contributed by atoms with E-state index in [0.717, 1.165) is 24.4 Å². The van der Waals surface area contributed by atoms with E-state index in [9.17, 15) is 0 Å². The zero-order chi connectivity index (χ0) is 12.0. The van der Waals surface area contributed by atoms with E-state index in [2.05, 4.69) is 37.9 Å². The molecule has 1 heterocycles. The monoisotopic (exact) mass is 226 g/mol. The molecule has 2 heteroatoms. The molecule has 16 heavy (non-hydrogen) atoms. The molecule has 0 aliphatic carbocycles. The smallest absolute Gasteiger partial charge is 0.0220 e. The Bertz CT molecular complexity index is 180. The van der Waals surface area contributed by atoms with Crippen molar-refractivity contribution in [3.8, 4) is 0 Å². The molecule has 0 bridgehead atoms. The van der Waals surface area contributed by atoms with Crippen LogP contribution in [0.4, 0.5) is 0 Å². The highest BCUT2D eigenvalue weighted by atomic mass is 15.2. The first-order valence-corrected chi connectivity index (χ1v) is 7.08. The van der Waals surface area contributed by atoms with Gasteiger partial charge in [0, 0.05) is 19.1 Å². The van der Waals surface area contributed by atoms with Crippen LogP contribution in [0.15, 0.2) is 0 Å². The van der Waals surface area contributed by atoms with Crippen LogP contribution in [-0.4, -0.2) is 37.1 Å². The van der Waals surface area contributed by atoms with Crippen LogP contribution in [0.25, 0.3) is 0 Å². The van der Waals surface area contributed by atoms with Gasteiger partial charge in [0.05, 0.1) is 0 Å². The number of nitrogens with one attached hydrogen (secondary N) is 1. The number of nitrogens with zero attached hydrogens (tertiary/aromatic N) is 1. The molecule has 0 radical (unpaired) electrons. The van der Waals surface area contributed by atoms with E-state index in [-0.39, 0.29) is 0 Å². The average molecular weight is 226 g/mol. The van der Waals surface area contributed by atoms with Crippen molar-refractivity contribution in [2.24, 2.45) is 11.8 Å². The van der Waals surface area contributed by atoms with Crippen LogP contribution < -0.4 is 5.32 Å². The minimum absolute atomic E-state index is 0.764. The summed E-state index contributed by atoms with van der Waals surface area (Å²) in [7, 11) is 0. The van der Waals surface area contributed by atoms with Gasteiger partial charge in [0.15, 0.2) is 0 Å². The Morgan fingerprint density at radius 1 is 1.31 bits per heavy atom. The molecule has 1 fully saturated rings. The molecule has 0 aromatic rings. The molecule has 0 amide bonds. The fourth-order valence-corrected chi connectivity index (χ4v) is 2.59. The number of likely N-dealkylation sites (tertiary alicyclic amines) is 1. The average Bonchev–Trinajstić information content (AvgIpc) is 2.63. The van der Waals surface area contributed by atoms with Crippen LogP contribution in [0.1, 0.15) is 47.0 Å². The molecule has 1 aliphatic heterocycles. The summed E-state index contributed by atoms with van der Waals surface area (Å²) in [4.78, 5) is 2.70. The Morgan fingerprint density at radius 2 is 2.06 bits per heavy atom. The summed E-state index contributed by atoms with van der Waals surface area (Å²) in [5.41, 5.74) is 0. The number of hydrogen-bond donors (Lipinski definition) is 1. The molecule has 0 aromatic carbocycles. The predicted octanol–water partition coefficient (Wildman–Crippen LogP) is 2.74. The second kappa shape index (κ2) is 7.29. The Labute approximate surface area is 102 Å². The lowest BCUT2D eigenvalue weighted by Gasteiger charge is -2.28. The first kappa shape index (κ1) is 14.0. The van der Waals surface area contributed by atoms with Crippen LogP contribution in [0.3, 0.4) is 0 Å². The molecule has 1 saturated heterocycles. The molecule has 1 aliphatic rings. The Kier molecular flexibility index (Phi) is 6.37. The number of rotatable bonds is 7. The second-order valence-electron chi connectivity index (χ2n) is 5.88. The van der Waals surface area contributed by atoms with Crippen molar-refractivity contribution in [2.75, 3.05) is 26.2 Å². The first-order chi connectivity index (χ1) is 7.63. The van der Waals surface area contributed by atoms with Crippen molar-refractivity contribution >= 4 is 0 Å². The van der Waals surface area contributed by atoms with Crippen LogP contribution in [0.2, 0.25) is 0 Å². The zero-order valence-corrected chi connectivity index (χ0v) is 11.6. The van der Waals surface area contributed by atoms with E-state index in [1.54, 1.807) is 0 Å². The van der Waals surface area contributed by atoms with Crippen LogP contribution in [0, 0.1) is 11.8 Å². The molecule has 2 atom stereocenters. The number of hydrogen-bond acceptors (Lipinski definition) is 2. The molecule has 2 nitrogen and oxygen atoms in total. The molecule has 96 valence electrons. The van der Waals surface area contributed by atoms with Crippen molar-refractivity contribution in [1.82, 2.24) is 10.2 Å². The summed E-state index contributed by atoms with van der Waals surface area (Å²) >= 11 is 0. The van der Waals surface area contributed by atoms with E-state index in [1.165, 1.54) is 38.9 Å². The van der Waals surface area contributed by atoms with Crippen molar-refractivity contribution in [3.05, 3.63) is 0 Å². The van der Waals surface area contributed by atoms with E-state index < -0.39 is 0 Å². The largest absolute Gasteiger partial charge is 0.315 e. The molecule has 1 rings (SSSR count). The Balaban J connectivity index is 2.29. The fraction of sp³-hybridized carbons (Fsp3) is 1.00. The lowest BCUT2D eigenvalue weighted by molar-refractivity contribution is 0.215. The lowest BCUT2D eigenvalue weighted by atomic mass is 10.1. The van der Waals surface area contributed by atoms with Crippen molar-refractivity contribution in [3.63, 3.8) is 0 Å². The van der Waals surface area contributed by atoms with Crippen molar-refractivity contribution in [1.29, 1.82) is 0 Å². The third kappa shape index (κ3) is 4.84. The van der Waals surface area contributed by atoms with Crippen LogP contribution in [0.5, 0.6) is 0 Å². The van der Waals surface area contributed by atoms with Gasteiger partial charge in [-0.15, -0.1) is 0 Å². The molecule has 2 unspecified atom stereocenters. The first-order valence-electron chi connectivity index (χ1n) is 7.08. The van der Waals surface area contributed by atoms with Crippen LogP contribution in [-0.2, 0) is 0 Å². The summed E-state index contributed by atoms with van der Waals surface area (Å²) in [5, 5.41) is 3.62. The van der Waals surface area contributed by atoms with Gasteiger partial charge in [-0.1, -0.05) is 34.1 Å². The highest BCUT2D eigenvalue weighted by Gasteiger charge is 2.24. The molecular weight excluding hydrogens is 196 g/mol. The van der Waals surface area contributed by atoms with E-state index >= 15 is 0 Å². The van der Waals surface area contributed by atoms with Gasteiger partial charge in [0.2, 0.25) is 0 Å². The lowest BCUT2D eigenvalue weighted by Crippen LogP contribution is -2.41. The summed E-state index contributed by atoms with van der Waals surface area (Å²) in [6.45, 7) is 14.2. The third-order valence-electron chi connectivity index (χ3n) is 3.53. The van der Waals surface area contributed by atoms with Crippen molar-refractivity contribution < 1.29 is 0 Å². The van der Waals surface area contributed by atoms with Gasteiger partial charge >= 0.3 is 0 Å². The van der Waals surface area contributed by atoms with Gasteiger partial charge in [0.1, 0.15) is 0 Å². The highest BCUT2D eigenvalue weighted by Crippen LogP contribution is 2.19. The van der Waals surface area contributed by atoms with Crippen LogP contribution >= 0.6 is 0 Å². The summed E-state index contributed by atoms with van der Waals surface area (Å²) < 4.78 is 0. The molecule has 1 N–H and O–H groups in total. The van der Waals surface area contributed by atoms with Gasteiger partial charge in [-0.3, -0.25) is 4.90 Å². The topological polar surface area (TPSA) is 15.3 Å². The minimum atomic E-state index is 0.764. The summed E-state index contributed by atoms with van der Waals surface area (Å²) in [6.07, 6.45) is 4.04. The van der Waals surface area contributed by atoms with Gasteiger partial charge in [-0.2, -0.15) is 0 Å². The summed E-state index contributed by atoms with van der Waals surface area (Å²) in [6, 6.07) is 0.772. The zero-order valence-electron chi connectivity index (χ0n) is 11.6. The maximum Gasteiger partial charge on any atom is 0.0220 e. The van der Waals surface area contributed by atoms with Gasteiger partial charge < -0.3 is 5.32 Å². The Morgan fingerprint density at radius 3 is 2.56 bits per heavy atom. The van der Waals surface area contributed by atoms with E-state index in [0.29, 0.717) is 0 Å². The van der Waals surface area contributed by atoms with Gasteiger partial charge in [-0.05, 0) is 37.8 Å². The second-order valence-corrected chi connectivity index (χ2v) is 5.88. The van der Waals surface area contributed by atoms with E-state index in [4.69, 9.17) is 0 Å². The molecular formula is C14H30N2. The molecule has 0 spiro atoms. The van der Waals surface area contributed by atoms with Gasteiger partial charge in [0.25, 0.3) is 0 Å². The Hall–Kier alpha value is -0.0800. The highest BCUT2D eigenvalue weighted by molar-refractivity contribution is 4.81. The minimum Gasteiger partial charge on any atom is -0.315 e. The van der Waals surface area contributed by atoms with E-state index in [1.807, 2.05) is 0 Å². The van der Waals surface area contributed by atoms with Gasteiger partial charge in [-0.25, -0.2) is 0 Å². The van der Waals surface area contributed by atoms with Crippen molar-refractivity contribution in [2.45, 2.75) is 53.0 Å². The maximum atomic E-state index is 3.62. The quantitative estimate of drug-likeness (QED) is 0.718. The molecule has 0 saturated carbocycles. The fourth-order valence-electron chi connectivity index (χ4n) is 2.59.